The van der Waals surface area contributed by atoms with Crippen LogP contribution < -0.4 is 5.73 Å². The predicted octanol–water partition coefficient (Wildman–Crippen LogP) is 4.08. The number of halogens is 1. The highest BCUT2D eigenvalue weighted by atomic mass is 35.5. The first-order valence-electron chi connectivity index (χ1n) is 5.45. The minimum Gasteiger partial charge on any atom is -0.384 e. The topological polar surface area (TPSA) is 49.9 Å². The summed E-state index contributed by atoms with van der Waals surface area (Å²) < 4.78 is 0. The number of nitrogens with two attached hydrogens (primary N) is 1. The van der Waals surface area contributed by atoms with E-state index in [2.05, 4.69) is 31.2 Å². The van der Waals surface area contributed by atoms with Crippen molar-refractivity contribution in [3.63, 3.8) is 0 Å². The number of nitrogens with one attached hydrogen (secondary N) is 1. The van der Waals surface area contributed by atoms with Crippen molar-refractivity contribution in [2.24, 2.45) is 5.73 Å². The van der Waals surface area contributed by atoms with Gasteiger partial charge in [0.15, 0.2) is 0 Å². The largest absolute Gasteiger partial charge is 0.384 e. The Labute approximate surface area is 116 Å². The second-order valence-corrected chi connectivity index (χ2v) is 5.52. The lowest BCUT2D eigenvalue weighted by Gasteiger charge is -2.06. The van der Waals surface area contributed by atoms with Crippen molar-refractivity contribution in [3.8, 4) is 0 Å². The molecule has 2 nitrogen and oxygen atoms in total. The second-order valence-electron chi connectivity index (χ2n) is 3.97. The molecule has 0 unspecified atom stereocenters. The molecule has 4 heteroatoms. The van der Waals surface area contributed by atoms with Crippen LogP contribution in [0.1, 0.15) is 11.1 Å². The van der Waals surface area contributed by atoms with Crippen LogP contribution in [-0.4, -0.2) is 5.84 Å². The molecule has 3 N–H and O–H groups in total. The Bertz CT molecular complexity index is 579. The molecule has 0 radical (unpaired) electrons. The number of hydrogen-bond donors (Lipinski definition) is 2. The molecule has 2 rings (SSSR count). The zero-order chi connectivity index (χ0) is 13.1. The van der Waals surface area contributed by atoms with E-state index in [-0.39, 0.29) is 5.84 Å². The van der Waals surface area contributed by atoms with Crippen LogP contribution in [0.15, 0.2) is 52.3 Å². The Morgan fingerprint density at radius 3 is 2.28 bits per heavy atom. The number of nitrogen functional groups attached to an aromatic ring is 1. The maximum absolute atomic E-state index is 7.38. The van der Waals surface area contributed by atoms with Crippen LogP contribution in [0.2, 0.25) is 5.02 Å². The quantitative estimate of drug-likeness (QED) is 0.655. The summed E-state index contributed by atoms with van der Waals surface area (Å²) in [7, 11) is 0. The van der Waals surface area contributed by atoms with Gasteiger partial charge in [0.05, 0.1) is 5.02 Å². The fourth-order valence-corrected chi connectivity index (χ4v) is 2.72. The van der Waals surface area contributed by atoms with Crippen LogP contribution in [0.5, 0.6) is 0 Å². The van der Waals surface area contributed by atoms with Crippen molar-refractivity contribution in [1.82, 2.24) is 0 Å². The number of aryl methyl sites for hydroxylation is 1. The summed E-state index contributed by atoms with van der Waals surface area (Å²) >= 11 is 7.72. The lowest BCUT2D eigenvalue weighted by molar-refractivity contribution is 1.35. The van der Waals surface area contributed by atoms with Gasteiger partial charge in [-0.25, -0.2) is 0 Å². The Hall–Kier alpha value is -1.45. The van der Waals surface area contributed by atoms with E-state index >= 15 is 0 Å². The molecule has 0 spiro atoms. The summed E-state index contributed by atoms with van der Waals surface area (Å²) in [5.74, 6) is -0.00751. The molecule has 2 aromatic carbocycles. The lowest BCUT2D eigenvalue weighted by atomic mass is 10.2. The zero-order valence-electron chi connectivity index (χ0n) is 9.91. The first-order chi connectivity index (χ1) is 8.56. The van der Waals surface area contributed by atoms with Gasteiger partial charge in [-0.3, -0.25) is 5.41 Å². The Morgan fingerprint density at radius 2 is 1.72 bits per heavy atom. The molecule has 0 aliphatic heterocycles. The molecule has 0 amide bonds. The summed E-state index contributed by atoms with van der Waals surface area (Å²) in [6.45, 7) is 2.06. The smallest absolute Gasteiger partial charge is 0.124 e. The van der Waals surface area contributed by atoms with Gasteiger partial charge in [0.1, 0.15) is 5.84 Å². The predicted molar refractivity (Wildman–Crippen MR) is 77.8 cm³/mol. The van der Waals surface area contributed by atoms with E-state index in [1.807, 2.05) is 12.1 Å². The van der Waals surface area contributed by atoms with Crippen molar-refractivity contribution in [1.29, 1.82) is 5.41 Å². The molecule has 0 bridgehead atoms. The lowest BCUT2D eigenvalue weighted by Crippen LogP contribution is -2.11. The van der Waals surface area contributed by atoms with Gasteiger partial charge < -0.3 is 5.73 Å². The van der Waals surface area contributed by atoms with Gasteiger partial charge in [-0.05, 0) is 37.3 Å². The molecular weight excluding hydrogens is 264 g/mol. The van der Waals surface area contributed by atoms with Crippen LogP contribution in [0.3, 0.4) is 0 Å². The molecule has 0 aliphatic rings. The Balaban J connectivity index is 2.22. The molecule has 0 saturated heterocycles. The average molecular weight is 277 g/mol. The summed E-state index contributed by atoms with van der Waals surface area (Å²) in [5, 5.41) is 7.89. The van der Waals surface area contributed by atoms with Crippen molar-refractivity contribution >= 4 is 29.2 Å². The third kappa shape index (κ3) is 3.06. The number of amidine groups is 1. The van der Waals surface area contributed by atoms with Crippen molar-refractivity contribution < 1.29 is 0 Å². The first-order valence-corrected chi connectivity index (χ1v) is 6.64. The molecular formula is C14H13ClN2S. The fourth-order valence-electron chi connectivity index (χ4n) is 1.52. The average Bonchev–Trinajstić information content (AvgIpc) is 2.32. The number of rotatable bonds is 3. The Morgan fingerprint density at radius 1 is 1.11 bits per heavy atom. The zero-order valence-corrected chi connectivity index (χ0v) is 11.5. The summed E-state index contributed by atoms with van der Waals surface area (Å²) in [6.07, 6.45) is 0. The minimum absolute atomic E-state index is 0.00751. The van der Waals surface area contributed by atoms with Gasteiger partial charge in [0.25, 0.3) is 0 Å². The van der Waals surface area contributed by atoms with Crippen molar-refractivity contribution in [2.75, 3.05) is 0 Å². The van der Waals surface area contributed by atoms with Gasteiger partial charge in [0.2, 0.25) is 0 Å². The van der Waals surface area contributed by atoms with Gasteiger partial charge in [-0.2, -0.15) is 0 Å². The van der Waals surface area contributed by atoms with Crippen LogP contribution >= 0.6 is 23.4 Å². The SMILES string of the molecule is Cc1ccc(Sc2ccc(C(=N)N)c(Cl)c2)cc1. The number of benzene rings is 2. The van der Waals surface area contributed by atoms with E-state index in [1.54, 1.807) is 17.8 Å². The van der Waals surface area contributed by atoms with Crippen LogP contribution in [0.25, 0.3) is 0 Å². The monoisotopic (exact) mass is 276 g/mol. The van der Waals surface area contributed by atoms with Crippen LogP contribution in [-0.2, 0) is 0 Å². The van der Waals surface area contributed by atoms with E-state index in [9.17, 15) is 0 Å². The summed E-state index contributed by atoms with van der Waals surface area (Å²) in [5.41, 5.74) is 7.24. The van der Waals surface area contributed by atoms with Crippen LogP contribution in [0, 0.1) is 12.3 Å². The number of hydrogen-bond acceptors (Lipinski definition) is 2. The highest BCUT2D eigenvalue weighted by Gasteiger charge is 2.05. The van der Waals surface area contributed by atoms with E-state index < -0.39 is 0 Å². The molecule has 2 aromatic rings. The molecule has 0 heterocycles. The van der Waals surface area contributed by atoms with Gasteiger partial charge in [-0.1, -0.05) is 41.1 Å². The summed E-state index contributed by atoms with van der Waals surface area (Å²) in [4.78, 5) is 2.20. The standard InChI is InChI=1S/C14H13ClN2S/c1-9-2-4-10(5-3-9)18-11-6-7-12(14(16)17)13(15)8-11/h2-8H,1H3,(H3,16,17). The van der Waals surface area contributed by atoms with Crippen molar-refractivity contribution in [2.45, 2.75) is 16.7 Å². The van der Waals surface area contributed by atoms with Gasteiger partial charge in [-0.15, -0.1) is 0 Å². The highest BCUT2D eigenvalue weighted by molar-refractivity contribution is 7.99. The normalized spacial score (nSPS) is 10.3. The molecule has 0 aromatic heterocycles. The summed E-state index contributed by atoms with van der Waals surface area (Å²) in [6, 6.07) is 13.8. The van der Waals surface area contributed by atoms with E-state index in [0.717, 1.165) is 9.79 Å². The fraction of sp³-hybridized carbons (Fsp3) is 0.0714. The highest BCUT2D eigenvalue weighted by Crippen LogP contribution is 2.30. The van der Waals surface area contributed by atoms with Gasteiger partial charge in [0, 0.05) is 15.4 Å². The second kappa shape index (κ2) is 5.46. The first kappa shape index (κ1) is 13.0. The Kier molecular flexibility index (Phi) is 3.94. The minimum atomic E-state index is -0.00751. The van der Waals surface area contributed by atoms with E-state index in [1.165, 1.54) is 5.56 Å². The van der Waals surface area contributed by atoms with E-state index in [0.29, 0.717) is 10.6 Å². The molecule has 0 atom stereocenters. The van der Waals surface area contributed by atoms with Gasteiger partial charge >= 0.3 is 0 Å². The third-order valence-electron chi connectivity index (χ3n) is 2.49. The molecule has 92 valence electrons. The molecule has 0 saturated carbocycles. The molecule has 0 aliphatic carbocycles. The van der Waals surface area contributed by atoms with Crippen LogP contribution in [0.4, 0.5) is 0 Å². The molecule has 0 fully saturated rings. The molecule has 18 heavy (non-hydrogen) atoms. The maximum atomic E-state index is 7.38. The van der Waals surface area contributed by atoms with Crippen molar-refractivity contribution in [3.05, 3.63) is 58.6 Å². The third-order valence-corrected chi connectivity index (χ3v) is 3.80. The maximum Gasteiger partial charge on any atom is 0.124 e. The van der Waals surface area contributed by atoms with E-state index in [4.69, 9.17) is 22.7 Å².